The van der Waals surface area contributed by atoms with Crippen LogP contribution in [-0.4, -0.2) is 75.2 Å². The van der Waals surface area contributed by atoms with Gasteiger partial charge in [0.25, 0.3) is 5.56 Å². The highest BCUT2D eigenvalue weighted by atomic mass is 16.5. The van der Waals surface area contributed by atoms with Gasteiger partial charge in [0.1, 0.15) is 18.5 Å². The number of fused-ring (bicyclic) bond motifs is 1. The van der Waals surface area contributed by atoms with Crippen molar-refractivity contribution < 1.29 is 9.53 Å². The third kappa shape index (κ3) is 4.85. The van der Waals surface area contributed by atoms with E-state index in [9.17, 15) is 9.59 Å². The summed E-state index contributed by atoms with van der Waals surface area (Å²) in [6.07, 6.45) is 3.81. The first-order chi connectivity index (χ1) is 16.0. The molecule has 0 saturated carbocycles. The van der Waals surface area contributed by atoms with E-state index in [1.807, 2.05) is 13.0 Å². The van der Waals surface area contributed by atoms with Gasteiger partial charge in [-0.3, -0.25) is 14.3 Å². The number of aryl methyl sites for hydroxylation is 1. The third-order valence-electron chi connectivity index (χ3n) is 5.86. The van der Waals surface area contributed by atoms with Gasteiger partial charge in [-0.1, -0.05) is 0 Å². The van der Waals surface area contributed by atoms with Crippen molar-refractivity contribution in [1.29, 1.82) is 5.26 Å². The monoisotopic (exact) mass is 450 g/mol. The van der Waals surface area contributed by atoms with Gasteiger partial charge < -0.3 is 14.5 Å². The summed E-state index contributed by atoms with van der Waals surface area (Å²) in [6.45, 7) is 6.78. The Hall–Kier alpha value is -3.78. The van der Waals surface area contributed by atoms with Crippen molar-refractivity contribution in [3.05, 3.63) is 46.1 Å². The molecule has 1 N–H and O–H groups in total. The average molecular weight is 451 g/mol. The van der Waals surface area contributed by atoms with E-state index < -0.39 is 0 Å². The lowest BCUT2D eigenvalue weighted by atomic mass is 10.2. The van der Waals surface area contributed by atoms with Crippen LogP contribution >= 0.6 is 0 Å². The highest BCUT2D eigenvalue weighted by Crippen LogP contribution is 2.19. The Kier molecular flexibility index (Phi) is 6.65. The summed E-state index contributed by atoms with van der Waals surface area (Å²) in [5, 5.41) is 20.2. The van der Waals surface area contributed by atoms with E-state index in [-0.39, 0.29) is 24.1 Å². The fourth-order valence-electron chi connectivity index (χ4n) is 3.96. The summed E-state index contributed by atoms with van der Waals surface area (Å²) >= 11 is 0. The standard InChI is InChI=1S/C22H26N8O3/c1-15(30-18-13-25-26-22(32)21(18)16(2)27-30)5-10-33-14-20(31)29-8-6-28(7-9-29)19-4-3-17(11-23)12-24-19/h3-4,12-13,15H,5-10,14H2,1-2H3,(H,26,32). The second-order valence-electron chi connectivity index (χ2n) is 8.06. The van der Waals surface area contributed by atoms with Gasteiger partial charge in [0.15, 0.2) is 0 Å². The van der Waals surface area contributed by atoms with Crippen LogP contribution in [0, 0.1) is 18.3 Å². The van der Waals surface area contributed by atoms with Crippen LogP contribution in [0.4, 0.5) is 5.82 Å². The number of rotatable bonds is 7. The molecule has 0 spiro atoms. The number of amides is 1. The van der Waals surface area contributed by atoms with E-state index in [0.29, 0.717) is 61.4 Å². The predicted molar refractivity (Wildman–Crippen MR) is 121 cm³/mol. The van der Waals surface area contributed by atoms with Crippen LogP contribution in [0.5, 0.6) is 0 Å². The lowest BCUT2D eigenvalue weighted by Crippen LogP contribution is -2.50. The molecule has 0 aromatic carbocycles. The number of carbonyl (C=O) groups is 1. The van der Waals surface area contributed by atoms with Crippen LogP contribution in [0.15, 0.2) is 29.3 Å². The Morgan fingerprint density at radius 3 is 2.76 bits per heavy atom. The first-order valence-corrected chi connectivity index (χ1v) is 10.9. The van der Waals surface area contributed by atoms with Crippen LogP contribution in [0.3, 0.4) is 0 Å². The molecule has 1 saturated heterocycles. The van der Waals surface area contributed by atoms with Crippen LogP contribution in [-0.2, 0) is 9.53 Å². The molecule has 11 nitrogen and oxygen atoms in total. The molecule has 1 atom stereocenters. The lowest BCUT2D eigenvalue weighted by Gasteiger charge is -2.35. The molecule has 1 aliphatic rings. The Morgan fingerprint density at radius 2 is 2.06 bits per heavy atom. The normalized spacial score (nSPS) is 14.9. The largest absolute Gasteiger partial charge is 0.372 e. The van der Waals surface area contributed by atoms with Gasteiger partial charge in [0.05, 0.1) is 34.4 Å². The number of pyridine rings is 1. The van der Waals surface area contributed by atoms with Gasteiger partial charge in [-0.15, -0.1) is 0 Å². The molecule has 1 unspecified atom stereocenters. The van der Waals surface area contributed by atoms with E-state index >= 15 is 0 Å². The van der Waals surface area contributed by atoms with Gasteiger partial charge in [0.2, 0.25) is 5.91 Å². The summed E-state index contributed by atoms with van der Waals surface area (Å²) in [7, 11) is 0. The number of hydrogen-bond acceptors (Lipinski definition) is 8. The first kappa shape index (κ1) is 22.4. The first-order valence-electron chi connectivity index (χ1n) is 10.9. The second kappa shape index (κ2) is 9.79. The van der Waals surface area contributed by atoms with Crippen molar-refractivity contribution in [2.45, 2.75) is 26.3 Å². The van der Waals surface area contributed by atoms with Crippen molar-refractivity contribution in [3.63, 3.8) is 0 Å². The highest BCUT2D eigenvalue weighted by Gasteiger charge is 2.22. The SMILES string of the molecule is Cc1nn(C(C)CCOCC(=O)N2CCN(c3ccc(C#N)cn3)CC2)c2cn[nH]c(=O)c12. The molecular formula is C22H26N8O3. The fourth-order valence-corrected chi connectivity index (χ4v) is 3.96. The molecule has 0 bridgehead atoms. The topological polar surface area (TPSA) is 133 Å². The maximum atomic E-state index is 12.5. The van der Waals surface area contributed by atoms with Gasteiger partial charge in [-0.25, -0.2) is 10.1 Å². The van der Waals surface area contributed by atoms with E-state index in [2.05, 4.69) is 31.2 Å². The maximum Gasteiger partial charge on any atom is 0.275 e. The molecule has 3 aromatic heterocycles. The zero-order valence-corrected chi connectivity index (χ0v) is 18.7. The number of nitrogens with one attached hydrogen (secondary N) is 1. The zero-order valence-electron chi connectivity index (χ0n) is 18.7. The van der Waals surface area contributed by atoms with Crippen molar-refractivity contribution >= 4 is 22.6 Å². The van der Waals surface area contributed by atoms with Gasteiger partial charge >= 0.3 is 0 Å². The fraction of sp³-hybridized carbons (Fsp3) is 0.455. The summed E-state index contributed by atoms with van der Waals surface area (Å²) in [6, 6.07) is 5.63. The summed E-state index contributed by atoms with van der Waals surface area (Å²) in [5.74, 6) is 0.774. The van der Waals surface area contributed by atoms with Crippen LogP contribution in [0.25, 0.3) is 10.9 Å². The lowest BCUT2D eigenvalue weighted by molar-refractivity contribution is -0.136. The van der Waals surface area contributed by atoms with Crippen molar-refractivity contribution in [1.82, 2.24) is 29.9 Å². The van der Waals surface area contributed by atoms with E-state index in [0.717, 1.165) is 5.82 Å². The third-order valence-corrected chi connectivity index (χ3v) is 5.86. The second-order valence-corrected chi connectivity index (χ2v) is 8.06. The number of anilines is 1. The predicted octanol–water partition coefficient (Wildman–Crippen LogP) is 1.01. The number of H-pyrrole nitrogens is 1. The zero-order chi connectivity index (χ0) is 23.4. The van der Waals surface area contributed by atoms with Crippen LogP contribution in [0.1, 0.15) is 30.6 Å². The molecule has 172 valence electrons. The Balaban J connectivity index is 1.22. The molecular weight excluding hydrogens is 424 g/mol. The minimum atomic E-state index is -0.250. The average Bonchev–Trinajstić information content (AvgIpc) is 3.19. The van der Waals surface area contributed by atoms with Gasteiger partial charge in [-0.05, 0) is 32.4 Å². The Labute approximate surface area is 190 Å². The number of aromatic amines is 1. The van der Waals surface area contributed by atoms with Crippen LogP contribution in [0.2, 0.25) is 0 Å². The Morgan fingerprint density at radius 1 is 1.27 bits per heavy atom. The van der Waals surface area contributed by atoms with E-state index in [4.69, 9.17) is 10.00 Å². The minimum Gasteiger partial charge on any atom is -0.372 e. The van der Waals surface area contributed by atoms with E-state index in [1.54, 1.807) is 35.0 Å². The van der Waals surface area contributed by atoms with Crippen molar-refractivity contribution in [2.24, 2.45) is 0 Å². The van der Waals surface area contributed by atoms with Gasteiger partial charge in [0, 0.05) is 39.0 Å². The molecule has 0 aliphatic carbocycles. The minimum absolute atomic E-state index is 0.0108. The number of carbonyl (C=O) groups excluding carboxylic acids is 1. The smallest absolute Gasteiger partial charge is 0.275 e. The summed E-state index contributed by atoms with van der Waals surface area (Å²) in [4.78, 5) is 32.7. The van der Waals surface area contributed by atoms with E-state index in [1.165, 1.54) is 0 Å². The molecule has 0 radical (unpaired) electrons. The summed E-state index contributed by atoms with van der Waals surface area (Å²) < 4.78 is 7.43. The number of ether oxygens (including phenoxy) is 1. The van der Waals surface area contributed by atoms with Gasteiger partial charge in [-0.2, -0.15) is 15.5 Å². The number of aromatic nitrogens is 5. The van der Waals surface area contributed by atoms with Crippen molar-refractivity contribution in [3.8, 4) is 6.07 Å². The quantitative estimate of drug-likeness (QED) is 0.527. The molecule has 4 rings (SSSR count). The molecule has 1 amide bonds. The van der Waals surface area contributed by atoms with Crippen molar-refractivity contribution in [2.75, 3.05) is 44.3 Å². The molecule has 1 fully saturated rings. The Bertz CT molecular complexity index is 1220. The molecule has 4 heterocycles. The molecule has 33 heavy (non-hydrogen) atoms. The highest BCUT2D eigenvalue weighted by molar-refractivity contribution is 5.79. The molecule has 1 aliphatic heterocycles. The number of nitrogens with zero attached hydrogens (tertiary/aromatic N) is 7. The number of hydrogen-bond donors (Lipinski definition) is 1. The maximum absolute atomic E-state index is 12.5. The number of piperazine rings is 1. The molecule has 11 heteroatoms. The number of nitriles is 1. The van der Waals surface area contributed by atoms with Crippen LogP contribution < -0.4 is 10.5 Å². The summed E-state index contributed by atoms with van der Waals surface area (Å²) in [5.41, 5.74) is 1.63. The molecule has 3 aromatic rings.